The second-order valence-corrected chi connectivity index (χ2v) is 7.86. The van der Waals surface area contributed by atoms with Crippen LogP contribution < -0.4 is 15.0 Å². The smallest absolute Gasteiger partial charge is 0.231 e. The Bertz CT molecular complexity index is 1050. The lowest BCUT2D eigenvalue weighted by Crippen LogP contribution is -2.28. The number of ether oxygens (including phenoxy) is 1. The number of hydrogen-bond donors (Lipinski definition) is 1. The average Bonchev–Trinajstić information content (AvgIpc) is 3.35. The zero-order chi connectivity index (χ0) is 20.4. The van der Waals surface area contributed by atoms with E-state index in [1.54, 1.807) is 12.0 Å². The van der Waals surface area contributed by atoms with E-state index in [0.29, 0.717) is 11.7 Å². The Hall–Kier alpha value is -3.19. The van der Waals surface area contributed by atoms with Crippen molar-refractivity contribution in [2.45, 2.75) is 13.3 Å². The van der Waals surface area contributed by atoms with Gasteiger partial charge in [0.05, 0.1) is 18.7 Å². The van der Waals surface area contributed by atoms with Gasteiger partial charge in [-0.1, -0.05) is 29.8 Å². The third-order valence-electron chi connectivity index (χ3n) is 4.94. The molecule has 1 aliphatic rings. The third-order valence-corrected chi connectivity index (χ3v) is 5.70. The first-order valence-electron chi connectivity index (χ1n) is 9.31. The number of aryl methyl sites for hydroxylation is 1. The molecule has 6 nitrogen and oxygen atoms in total. The van der Waals surface area contributed by atoms with Crippen molar-refractivity contribution in [3.05, 3.63) is 59.5 Å². The Balaban J connectivity index is 1.43. The predicted octanol–water partition coefficient (Wildman–Crippen LogP) is 4.12. The van der Waals surface area contributed by atoms with Crippen LogP contribution in [-0.2, 0) is 9.59 Å². The van der Waals surface area contributed by atoms with E-state index in [1.165, 1.54) is 11.3 Å². The van der Waals surface area contributed by atoms with Crippen molar-refractivity contribution in [3.63, 3.8) is 0 Å². The molecule has 1 fully saturated rings. The monoisotopic (exact) mass is 407 g/mol. The first-order chi connectivity index (χ1) is 14.0. The molecule has 1 aliphatic heterocycles. The van der Waals surface area contributed by atoms with Crippen LogP contribution >= 0.6 is 11.3 Å². The number of hydrogen-bond acceptors (Lipinski definition) is 5. The number of nitrogens with one attached hydrogen (secondary N) is 1. The second kappa shape index (κ2) is 8.05. The molecule has 0 radical (unpaired) electrons. The van der Waals surface area contributed by atoms with Crippen LogP contribution in [0.1, 0.15) is 12.0 Å². The van der Waals surface area contributed by atoms with E-state index in [2.05, 4.69) is 10.3 Å². The van der Waals surface area contributed by atoms with Gasteiger partial charge in [-0.05, 0) is 31.2 Å². The second-order valence-electron chi connectivity index (χ2n) is 7.00. The largest absolute Gasteiger partial charge is 0.497 e. The van der Waals surface area contributed by atoms with Crippen LogP contribution in [0, 0.1) is 12.8 Å². The number of thiazole rings is 1. The highest BCUT2D eigenvalue weighted by atomic mass is 32.1. The summed E-state index contributed by atoms with van der Waals surface area (Å²) in [7, 11) is 1.62. The SMILES string of the molecule is COc1cccc(-c2csc(NC(=O)C3CC(=O)N(c4ccc(C)cc4)C3)n2)c1. The number of nitrogens with zero attached hydrogens (tertiary/aromatic N) is 2. The molecule has 1 aromatic heterocycles. The summed E-state index contributed by atoms with van der Waals surface area (Å²) >= 11 is 1.36. The van der Waals surface area contributed by atoms with Gasteiger partial charge < -0.3 is 15.0 Å². The molecule has 2 amide bonds. The molecule has 1 atom stereocenters. The number of carbonyl (C=O) groups is 2. The lowest BCUT2D eigenvalue weighted by molar-refractivity contribution is -0.122. The van der Waals surface area contributed by atoms with E-state index < -0.39 is 5.92 Å². The number of anilines is 2. The standard InChI is InChI=1S/C22H21N3O3S/c1-14-6-8-17(9-7-14)25-12-16(11-20(25)26)21(27)24-22-23-19(13-29-22)15-4-3-5-18(10-15)28-2/h3-10,13,16H,11-12H2,1-2H3,(H,23,24,27). The van der Waals surface area contributed by atoms with Gasteiger partial charge in [0.1, 0.15) is 5.75 Å². The number of rotatable bonds is 5. The molecule has 7 heteroatoms. The highest BCUT2D eigenvalue weighted by Gasteiger charge is 2.35. The Morgan fingerprint density at radius 3 is 2.79 bits per heavy atom. The van der Waals surface area contributed by atoms with Crippen LogP contribution in [0.2, 0.25) is 0 Å². The Labute approximate surface area is 173 Å². The van der Waals surface area contributed by atoms with Crippen molar-refractivity contribution >= 4 is 34.0 Å². The van der Waals surface area contributed by atoms with E-state index in [4.69, 9.17) is 4.74 Å². The summed E-state index contributed by atoms with van der Waals surface area (Å²) in [5.74, 6) is 0.138. The Kier molecular flexibility index (Phi) is 5.31. The summed E-state index contributed by atoms with van der Waals surface area (Å²) in [5, 5.41) is 5.28. The number of benzene rings is 2. The van der Waals surface area contributed by atoms with Gasteiger partial charge in [0, 0.05) is 29.6 Å². The number of amides is 2. The van der Waals surface area contributed by atoms with E-state index in [-0.39, 0.29) is 18.2 Å². The Morgan fingerprint density at radius 2 is 2.03 bits per heavy atom. The van der Waals surface area contributed by atoms with E-state index in [0.717, 1.165) is 28.3 Å². The molecule has 2 heterocycles. The van der Waals surface area contributed by atoms with Crippen LogP contribution in [0.15, 0.2) is 53.9 Å². The molecule has 29 heavy (non-hydrogen) atoms. The van der Waals surface area contributed by atoms with Gasteiger partial charge in [0.25, 0.3) is 0 Å². The first-order valence-corrected chi connectivity index (χ1v) is 10.2. The van der Waals surface area contributed by atoms with Gasteiger partial charge in [-0.25, -0.2) is 4.98 Å². The molecule has 1 saturated heterocycles. The molecule has 3 aromatic rings. The van der Waals surface area contributed by atoms with Crippen LogP contribution in [0.25, 0.3) is 11.3 Å². The minimum Gasteiger partial charge on any atom is -0.497 e. The van der Waals surface area contributed by atoms with Crippen molar-refractivity contribution in [2.24, 2.45) is 5.92 Å². The molecule has 0 saturated carbocycles. The quantitative estimate of drug-likeness (QED) is 0.691. The molecular formula is C22H21N3O3S. The van der Waals surface area contributed by atoms with E-state index in [1.807, 2.05) is 60.8 Å². The molecule has 1 unspecified atom stereocenters. The lowest BCUT2D eigenvalue weighted by atomic mass is 10.1. The van der Waals surface area contributed by atoms with Crippen molar-refractivity contribution in [3.8, 4) is 17.0 Å². The fourth-order valence-electron chi connectivity index (χ4n) is 3.31. The van der Waals surface area contributed by atoms with Crippen LogP contribution in [-0.4, -0.2) is 30.5 Å². The molecule has 2 aromatic carbocycles. The van der Waals surface area contributed by atoms with Crippen LogP contribution in [0.5, 0.6) is 5.75 Å². The van der Waals surface area contributed by atoms with Gasteiger partial charge in [0.2, 0.25) is 11.8 Å². The number of carbonyl (C=O) groups excluding carboxylic acids is 2. The average molecular weight is 407 g/mol. The molecule has 1 N–H and O–H groups in total. The van der Waals surface area contributed by atoms with Crippen molar-refractivity contribution in [1.82, 2.24) is 4.98 Å². The minimum absolute atomic E-state index is 0.0368. The molecular weight excluding hydrogens is 386 g/mol. The fraction of sp³-hybridized carbons (Fsp3) is 0.227. The molecule has 4 rings (SSSR count). The van der Waals surface area contributed by atoms with Crippen molar-refractivity contribution in [2.75, 3.05) is 23.9 Å². The van der Waals surface area contributed by atoms with Gasteiger partial charge in [-0.3, -0.25) is 9.59 Å². The van der Waals surface area contributed by atoms with Crippen molar-refractivity contribution < 1.29 is 14.3 Å². The molecule has 0 aliphatic carbocycles. The highest BCUT2D eigenvalue weighted by Crippen LogP contribution is 2.29. The maximum Gasteiger partial charge on any atom is 0.231 e. The lowest BCUT2D eigenvalue weighted by Gasteiger charge is -2.16. The first kappa shape index (κ1) is 19.1. The zero-order valence-corrected chi connectivity index (χ0v) is 17.0. The minimum atomic E-state index is -0.395. The molecule has 148 valence electrons. The maximum absolute atomic E-state index is 12.7. The normalized spacial score (nSPS) is 16.1. The van der Waals surface area contributed by atoms with Crippen LogP contribution in [0.4, 0.5) is 10.8 Å². The predicted molar refractivity (Wildman–Crippen MR) is 114 cm³/mol. The molecule has 0 spiro atoms. The van der Waals surface area contributed by atoms with Crippen molar-refractivity contribution in [1.29, 1.82) is 0 Å². The topological polar surface area (TPSA) is 71.5 Å². The Morgan fingerprint density at radius 1 is 1.24 bits per heavy atom. The fourth-order valence-corrected chi connectivity index (χ4v) is 4.03. The zero-order valence-electron chi connectivity index (χ0n) is 16.2. The number of aromatic nitrogens is 1. The van der Waals surface area contributed by atoms with Gasteiger partial charge in [-0.2, -0.15) is 0 Å². The number of methoxy groups -OCH3 is 1. The summed E-state index contributed by atoms with van der Waals surface area (Å²) in [6, 6.07) is 15.4. The summed E-state index contributed by atoms with van der Waals surface area (Å²) in [4.78, 5) is 31.3. The van der Waals surface area contributed by atoms with Gasteiger partial charge >= 0.3 is 0 Å². The molecule has 0 bridgehead atoms. The summed E-state index contributed by atoms with van der Waals surface area (Å²) in [5.41, 5.74) is 3.64. The summed E-state index contributed by atoms with van der Waals surface area (Å²) in [6.07, 6.45) is 0.202. The van der Waals surface area contributed by atoms with Gasteiger partial charge in [-0.15, -0.1) is 11.3 Å². The van der Waals surface area contributed by atoms with Crippen LogP contribution in [0.3, 0.4) is 0 Å². The van der Waals surface area contributed by atoms with E-state index in [9.17, 15) is 9.59 Å². The van der Waals surface area contributed by atoms with Gasteiger partial charge in [0.15, 0.2) is 5.13 Å². The van der Waals surface area contributed by atoms with E-state index >= 15 is 0 Å². The maximum atomic E-state index is 12.7. The summed E-state index contributed by atoms with van der Waals surface area (Å²) < 4.78 is 5.25. The third kappa shape index (κ3) is 4.14. The highest BCUT2D eigenvalue weighted by molar-refractivity contribution is 7.14. The summed E-state index contributed by atoms with van der Waals surface area (Å²) in [6.45, 7) is 2.38.